The minimum absolute atomic E-state index is 0.297. The van der Waals surface area contributed by atoms with Crippen molar-refractivity contribution in [3.8, 4) is 0 Å². The van der Waals surface area contributed by atoms with Crippen LogP contribution < -0.4 is 11.3 Å². The fraction of sp³-hybridized carbons (Fsp3) is 0.0714. The number of nitrogens with one attached hydrogen (secondary N) is 1. The van der Waals surface area contributed by atoms with Crippen LogP contribution >= 0.6 is 11.3 Å². The monoisotopic (exact) mass is 291 g/mol. The standard InChI is InChI=1S/C14H11F2N3S/c15-9-1-2-12-8(5-9)6-13(20-12)14(19-17)10-3-4-18-7-11(10)16/h1-7,14,19H,17H2. The van der Waals surface area contributed by atoms with E-state index >= 15 is 0 Å². The van der Waals surface area contributed by atoms with Crippen molar-refractivity contribution in [2.24, 2.45) is 5.84 Å². The number of nitrogens with two attached hydrogens (primary N) is 1. The van der Waals surface area contributed by atoms with Crippen molar-refractivity contribution in [2.45, 2.75) is 6.04 Å². The summed E-state index contributed by atoms with van der Waals surface area (Å²) in [5.74, 6) is 4.82. The van der Waals surface area contributed by atoms with Crippen LogP contribution in [0.3, 0.4) is 0 Å². The molecule has 102 valence electrons. The molecule has 1 aromatic carbocycles. The summed E-state index contributed by atoms with van der Waals surface area (Å²) < 4.78 is 28.0. The summed E-state index contributed by atoms with van der Waals surface area (Å²) in [5.41, 5.74) is 3.01. The molecule has 0 spiro atoms. The van der Waals surface area contributed by atoms with Crippen LogP contribution in [0, 0.1) is 11.6 Å². The van der Waals surface area contributed by atoms with E-state index in [1.54, 1.807) is 12.1 Å². The molecule has 2 heterocycles. The summed E-state index contributed by atoms with van der Waals surface area (Å²) in [7, 11) is 0. The summed E-state index contributed by atoms with van der Waals surface area (Å²) in [6.07, 6.45) is 2.66. The van der Waals surface area contributed by atoms with Crippen molar-refractivity contribution in [1.82, 2.24) is 10.4 Å². The fourth-order valence-corrected chi connectivity index (χ4v) is 3.25. The van der Waals surface area contributed by atoms with Crippen molar-refractivity contribution in [2.75, 3.05) is 0 Å². The predicted molar refractivity (Wildman–Crippen MR) is 75.1 cm³/mol. The molecule has 0 fully saturated rings. The number of pyridine rings is 1. The minimum atomic E-state index is -0.488. The van der Waals surface area contributed by atoms with E-state index in [2.05, 4.69) is 10.4 Å². The van der Waals surface area contributed by atoms with Crippen LogP contribution in [-0.4, -0.2) is 4.98 Å². The predicted octanol–water partition coefficient (Wildman–Crippen LogP) is 3.13. The zero-order valence-electron chi connectivity index (χ0n) is 10.3. The molecule has 1 unspecified atom stereocenters. The third kappa shape index (κ3) is 2.29. The zero-order valence-corrected chi connectivity index (χ0v) is 11.1. The molecule has 3 aromatic rings. The molecule has 2 aromatic heterocycles. The third-order valence-electron chi connectivity index (χ3n) is 3.06. The molecule has 0 amide bonds. The number of hydrogen-bond donors (Lipinski definition) is 2. The van der Waals surface area contributed by atoms with Crippen LogP contribution in [0.4, 0.5) is 8.78 Å². The van der Waals surface area contributed by atoms with E-state index in [1.807, 2.05) is 6.07 Å². The van der Waals surface area contributed by atoms with Gasteiger partial charge in [-0.05, 0) is 35.7 Å². The zero-order chi connectivity index (χ0) is 14.1. The molecule has 0 radical (unpaired) electrons. The minimum Gasteiger partial charge on any atom is -0.271 e. The Labute approximate surface area is 118 Å². The molecule has 6 heteroatoms. The first-order chi connectivity index (χ1) is 9.69. The molecule has 3 N–H and O–H groups in total. The lowest BCUT2D eigenvalue weighted by molar-refractivity contribution is 0.559. The Bertz CT molecular complexity index is 757. The topological polar surface area (TPSA) is 50.9 Å². The summed E-state index contributed by atoms with van der Waals surface area (Å²) in [5, 5.41) is 0.778. The van der Waals surface area contributed by atoms with Gasteiger partial charge in [0.2, 0.25) is 0 Å². The molecule has 0 bridgehead atoms. The van der Waals surface area contributed by atoms with Gasteiger partial charge in [0.25, 0.3) is 0 Å². The van der Waals surface area contributed by atoms with Gasteiger partial charge in [0.15, 0.2) is 0 Å². The van der Waals surface area contributed by atoms with Crippen LogP contribution in [0.1, 0.15) is 16.5 Å². The maximum absolute atomic E-state index is 13.8. The molecule has 0 aliphatic carbocycles. The summed E-state index contributed by atoms with van der Waals surface area (Å²) in [6, 6.07) is 7.46. The van der Waals surface area contributed by atoms with Gasteiger partial charge in [0.05, 0.1) is 12.2 Å². The highest BCUT2D eigenvalue weighted by molar-refractivity contribution is 7.19. The second-order valence-corrected chi connectivity index (χ2v) is 5.44. The number of hydrogen-bond acceptors (Lipinski definition) is 4. The number of fused-ring (bicyclic) bond motifs is 1. The number of halogens is 2. The number of nitrogens with zero attached hydrogens (tertiary/aromatic N) is 1. The SMILES string of the molecule is NNC(c1cc2cc(F)ccc2s1)c1ccncc1F. The van der Waals surface area contributed by atoms with E-state index in [0.29, 0.717) is 5.56 Å². The maximum Gasteiger partial charge on any atom is 0.146 e. The molecule has 0 aliphatic rings. The smallest absolute Gasteiger partial charge is 0.146 e. The molecule has 0 saturated carbocycles. The normalized spacial score (nSPS) is 12.8. The highest BCUT2D eigenvalue weighted by Gasteiger charge is 2.19. The van der Waals surface area contributed by atoms with Gasteiger partial charge in [-0.2, -0.15) is 0 Å². The molecule has 0 saturated heterocycles. The highest BCUT2D eigenvalue weighted by Crippen LogP contribution is 2.33. The lowest BCUT2D eigenvalue weighted by atomic mass is 10.1. The third-order valence-corrected chi connectivity index (χ3v) is 4.24. The number of thiophene rings is 1. The van der Waals surface area contributed by atoms with E-state index in [-0.39, 0.29) is 5.82 Å². The number of hydrazine groups is 1. The average Bonchev–Trinajstić information content (AvgIpc) is 2.84. The second kappa shape index (κ2) is 5.24. The largest absolute Gasteiger partial charge is 0.271 e. The maximum atomic E-state index is 13.8. The summed E-state index contributed by atoms with van der Waals surface area (Å²) in [4.78, 5) is 4.54. The van der Waals surface area contributed by atoms with Gasteiger partial charge in [0, 0.05) is 21.3 Å². The van der Waals surface area contributed by atoms with Gasteiger partial charge in [0.1, 0.15) is 11.6 Å². The van der Waals surface area contributed by atoms with Gasteiger partial charge < -0.3 is 0 Å². The lowest BCUT2D eigenvalue weighted by Crippen LogP contribution is -2.28. The van der Waals surface area contributed by atoms with E-state index in [1.165, 1.54) is 29.7 Å². The molecular formula is C14H11F2N3S. The Morgan fingerprint density at radius 1 is 1.20 bits per heavy atom. The number of benzene rings is 1. The molecule has 20 heavy (non-hydrogen) atoms. The van der Waals surface area contributed by atoms with E-state index in [4.69, 9.17) is 5.84 Å². The lowest BCUT2D eigenvalue weighted by Gasteiger charge is -2.14. The molecular weight excluding hydrogens is 280 g/mol. The molecule has 3 nitrogen and oxygen atoms in total. The van der Waals surface area contributed by atoms with Gasteiger partial charge in [-0.3, -0.25) is 10.8 Å². The van der Waals surface area contributed by atoms with Gasteiger partial charge in [-0.25, -0.2) is 14.2 Å². The number of rotatable bonds is 3. The number of aromatic nitrogens is 1. The Balaban J connectivity index is 2.10. The van der Waals surface area contributed by atoms with Crippen LogP contribution in [0.15, 0.2) is 42.7 Å². The first-order valence-electron chi connectivity index (χ1n) is 5.93. The Morgan fingerprint density at radius 2 is 2.05 bits per heavy atom. The summed E-state index contributed by atoms with van der Waals surface area (Å²) in [6.45, 7) is 0. The quantitative estimate of drug-likeness (QED) is 0.576. The van der Waals surface area contributed by atoms with Crippen molar-refractivity contribution < 1.29 is 8.78 Å². The van der Waals surface area contributed by atoms with E-state index in [9.17, 15) is 8.78 Å². The van der Waals surface area contributed by atoms with Gasteiger partial charge in [-0.1, -0.05) is 0 Å². The van der Waals surface area contributed by atoms with E-state index < -0.39 is 11.9 Å². The van der Waals surface area contributed by atoms with Crippen molar-refractivity contribution in [3.05, 3.63) is 64.8 Å². The first kappa shape index (κ1) is 13.1. The average molecular weight is 291 g/mol. The first-order valence-corrected chi connectivity index (χ1v) is 6.75. The second-order valence-electron chi connectivity index (χ2n) is 4.33. The van der Waals surface area contributed by atoms with Crippen LogP contribution in [-0.2, 0) is 0 Å². The Hall–Kier alpha value is -1.89. The van der Waals surface area contributed by atoms with Crippen molar-refractivity contribution >= 4 is 21.4 Å². The van der Waals surface area contributed by atoms with Crippen molar-refractivity contribution in [3.63, 3.8) is 0 Å². The molecule has 1 atom stereocenters. The fourth-order valence-electron chi connectivity index (χ4n) is 2.12. The Kier molecular flexibility index (Phi) is 3.43. The van der Waals surface area contributed by atoms with Gasteiger partial charge in [-0.15, -0.1) is 11.3 Å². The summed E-state index contributed by atoms with van der Waals surface area (Å²) >= 11 is 1.45. The Morgan fingerprint density at radius 3 is 2.80 bits per heavy atom. The van der Waals surface area contributed by atoms with Crippen LogP contribution in [0.2, 0.25) is 0 Å². The van der Waals surface area contributed by atoms with Crippen molar-refractivity contribution in [1.29, 1.82) is 0 Å². The van der Waals surface area contributed by atoms with Crippen LogP contribution in [0.25, 0.3) is 10.1 Å². The highest BCUT2D eigenvalue weighted by atomic mass is 32.1. The van der Waals surface area contributed by atoms with E-state index in [0.717, 1.165) is 21.2 Å². The van der Waals surface area contributed by atoms with Gasteiger partial charge >= 0.3 is 0 Å². The molecule has 3 rings (SSSR count). The van der Waals surface area contributed by atoms with Crippen LogP contribution in [0.5, 0.6) is 0 Å². The molecule has 0 aliphatic heterocycles.